The largest absolute Gasteiger partial charge is 0.379 e. The number of likely N-dealkylation sites (N-methyl/N-ethyl adjacent to an activating group) is 1. The van der Waals surface area contributed by atoms with Gasteiger partial charge in [0, 0.05) is 32.7 Å². The molecule has 0 N–H and O–H groups in total. The minimum atomic E-state index is -3.58. The maximum absolute atomic E-state index is 13.1. The van der Waals surface area contributed by atoms with Crippen molar-refractivity contribution in [3.63, 3.8) is 0 Å². The van der Waals surface area contributed by atoms with E-state index in [2.05, 4.69) is 11.5 Å². The first kappa shape index (κ1) is 24.1. The van der Waals surface area contributed by atoms with Crippen molar-refractivity contribution in [3.05, 3.63) is 24.0 Å². The molecular weight excluding hydrogens is 442 g/mol. The number of aromatic nitrogens is 2. The second-order valence-corrected chi connectivity index (χ2v) is 10.9. The van der Waals surface area contributed by atoms with Crippen LogP contribution in [0.4, 0.5) is 0 Å². The molecular formula is C23H35N5O4S. The second-order valence-electron chi connectivity index (χ2n) is 8.96. The number of benzene rings is 1. The lowest BCUT2D eigenvalue weighted by atomic mass is 10.3. The minimum absolute atomic E-state index is 0.158. The van der Waals surface area contributed by atoms with Gasteiger partial charge in [-0.2, -0.15) is 4.31 Å². The van der Waals surface area contributed by atoms with Crippen LogP contribution < -0.4 is 0 Å². The van der Waals surface area contributed by atoms with Crippen molar-refractivity contribution in [2.24, 2.45) is 0 Å². The van der Waals surface area contributed by atoms with Gasteiger partial charge in [0.2, 0.25) is 15.9 Å². The number of imidazole rings is 1. The van der Waals surface area contributed by atoms with Gasteiger partial charge in [0.25, 0.3) is 0 Å². The highest BCUT2D eigenvalue weighted by molar-refractivity contribution is 7.89. The van der Waals surface area contributed by atoms with Crippen LogP contribution in [0.2, 0.25) is 0 Å². The van der Waals surface area contributed by atoms with E-state index in [0.29, 0.717) is 44.9 Å². The number of carbonyl (C=O) groups excluding carboxylic acids is 1. The molecule has 0 bridgehead atoms. The van der Waals surface area contributed by atoms with Crippen molar-refractivity contribution < 1.29 is 17.9 Å². The molecule has 2 aromatic rings. The first-order valence-electron chi connectivity index (χ1n) is 11.9. The Hall–Kier alpha value is -2.01. The van der Waals surface area contributed by atoms with Gasteiger partial charge in [0.05, 0.1) is 42.2 Å². The minimum Gasteiger partial charge on any atom is -0.379 e. The molecule has 2 fully saturated rings. The van der Waals surface area contributed by atoms with Crippen LogP contribution in [0.3, 0.4) is 0 Å². The van der Waals surface area contributed by atoms with E-state index in [1.165, 1.54) is 4.31 Å². The molecule has 2 aliphatic rings. The van der Waals surface area contributed by atoms with Crippen LogP contribution in [0.1, 0.15) is 38.4 Å². The lowest BCUT2D eigenvalue weighted by Gasteiger charge is -2.26. The van der Waals surface area contributed by atoms with E-state index >= 15 is 0 Å². The number of hydrogen-bond acceptors (Lipinski definition) is 6. The number of likely N-dealkylation sites (tertiary alicyclic amines) is 1. The molecule has 0 atom stereocenters. The Balaban J connectivity index is 1.58. The number of fused-ring (bicyclic) bond motifs is 1. The molecule has 3 heterocycles. The topological polar surface area (TPSA) is 88.0 Å². The van der Waals surface area contributed by atoms with Crippen LogP contribution in [0.25, 0.3) is 11.0 Å². The zero-order valence-electron chi connectivity index (χ0n) is 19.7. The van der Waals surface area contributed by atoms with Crippen LogP contribution in [0.15, 0.2) is 23.1 Å². The van der Waals surface area contributed by atoms with Crippen molar-refractivity contribution in [3.8, 4) is 0 Å². The average Bonchev–Trinajstić information content (AvgIpc) is 3.46. The van der Waals surface area contributed by atoms with Gasteiger partial charge < -0.3 is 14.2 Å². The van der Waals surface area contributed by atoms with Gasteiger partial charge in [-0.15, -0.1) is 0 Å². The molecule has 1 aromatic heterocycles. The highest BCUT2D eigenvalue weighted by Gasteiger charge is 2.27. The maximum Gasteiger partial charge on any atom is 0.243 e. The van der Waals surface area contributed by atoms with Crippen molar-refractivity contribution in [2.75, 3.05) is 53.0 Å². The number of ether oxygens (including phenoxy) is 1. The Morgan fingerprint density at radius 2 is 1.88 bits per heavy atom. The van der Waals surface area contributed by atoms with Crippen LogP contribution in [0.5, 0.6) is 0 Å². The Labute approximate surface area is 196 Å². The zero-order chi connectivity index (χ0) is 23.4. The molecule has 1 aromatic carbocycles. The molecule has 0 radical (unpaired) electrons. The van der Waals surface area contributed by atoms with Crippen LogP contribution in [-0.4, -0.2) is 91.0 Å². The first-order valence-corrected chi connectivity index (χ1v) is 13.4. The number of nitrogens with zero attached hydrogens (tertiary/aromatic N) is 5. The predicted molar refractivity (Wildman–Crippen MR) is 126 cm³/mol. The van der Waals surface area contributed by atoms with Crippen molar-refractivity contribution in [1.29, 1.82) is 0 Å². The summed E-state index contributed by atoms with van der Waals surface area (Å²) in [6.45, 7) is 7.11. The summed E-state index contributed by atoms with van der Waals surface area (Å²) in [6, 6.07) is 5.23. The molecule has 2 saturated heterocycles. The molecule has 0 aliphatic carbocycles. The molecule has 0 spiro atoms. The smallest absolute Gasteiger partial charge is 0.243 e. The number of rotatable bonds is 9. The van der Waals surface area contributed by atoms with E-state index < -0.39 is 10.0 Å². The summed E-state index contributed by atoms with van der Waals surface area (Å²) in [4.78, 5) is 21.6. The maximum atomic E-state index is 13.1. The Morgan fingerprint density at radius 1 is 1.15 bits per heavy atom. The monoisotopic (exact) mass is 477 g/mol. The van der Waals surface area contributed by atoms with Gasteiger partial charge in [-0.05, 0) is 44.5 Å². The quantitative estimate of drug-likeness (QED) is 0.548. The normalized spacial score (nSPS) is 18.0. The predicted octanol–water partition coefficient (Wildman–Crippen LogP) is 1.91. The Morgan fingerprint density at radius 3 is 2.58 bits per heavy atom. The summed E-state index contributed by atoms with van der Waals surface area (Å²) in [6.07, 6.45) is 4.21. The summed E-state index contributed by atoms with van der Waals surface area (Å²) >= 11 is 0. The van der Waals surface area contributed by atoms with Gasteiger partial charge in [0.1, 0.15) is 5.82 Å². The zero-order valence-corrected chi connectivity index (χ0v) is 20.5. The fourth-order valence-electron chi connectivity index (χ4n) is 4.54. The first-order chi connectivity index (χ1) is 15.9. The number of aryl methyl sites for hydroxylation is 1. The standard InChI is InChI=1S/C23H35N5O4S/c1-3-4-11-28-21-8-7-19(33(30,31)27-12-14-32-15-13-27)16-20(21)24-22(28)17-25(2)18-23(29)26-9-5-6-10-26/h7-8,16H,3-6,9-15,17-18H2,1-2H3. The molecule has 1 amide bonds. The summed E-state index contributed by atoms with van der Waals surface area (Å²) in [7, 11) is -1.64. The highest BCUT2D eigenvalue weighted by atomic mass is 32.2. The number of sulfonamides is 1. The molecule has 0 unspecified atom stereocenters. The molecule has 10 heteroatoms. The summed E-state index contributed by atoms with van der Waals surface area (Å²) < 4.78 is 35.2. The van der Waals surface area contributed by atoms with E-state index in [4.69, 9.17) is 9.72 Å². The summed E-state index contributed by atoms with van der Waals surface area (Å²) in [5.74, 6) is 1.02. The molecule has 2 aliphatic heterocycles. The molecule has 0 saturated carbocycles. The van der Waals surface area contributed by atoms with Crippen molar-refractivity contribution in [1.82, 2.24) is 23.7 Å². The number of morpholine rings is 1. The van der Waals surface area contributed by atoms with Crippen LogP contribution >= 0.6 is 0 Å². The third-order valence-electron chi connectivity index (χ3n) is 6.42. The Bertz CT molecular complexity index is 1070. The number of amides is 1. The van der Waals surface area contributed by atoms with Crippen molar-refractivity contribution in [2.45, 2.75) is 50.6 Å². The number of hydrogen-bond donors (Lipinski definition) is 0. The fraction of sp³-hybridized carbons (Fsp3) is 0.652. The van der Waals surface area contributed by atoms with Crippen LogP contribution in [-0.2, 0) is 32.6 Å². The van der Waals surface area contributed by atoms with Gasteiger partial charge in [-0.25, -0.2) is 13.4 Å². The third kappa shape index (κ3) is 5.40. The molecule has 4 rings (SSSR count). The molecule has 9 nitrogen and oxygen atoms in total. The molecule has 33 heavy (non-hydrogen) atoms. The van der Waals surface area contributed by atoms with E-state index in [9.17, 15) is 13.2 Å². The SMILES string of the molecule is CCCCn1c(CN(C)CC(=O)N2CCCC2)nc2cc(S(=O)(=O)N3CCOCC3)ccc21. The van der Waals surface area contributed by atoms with Crippen molar-refractivity contribution >= 4 is 27.0 Å². The number of carbonyl (C=O) groups is 1. The van der Waals surface area contributed by atoms with E-state index in [1.807, 2.05) is 22.9 Å². The average molecular weight is 478 g/mol. The lowest BCUT2D eigenvalue weighted by molar-refractivity contribution is -0.131. The van der Waals surface area contributed by atoms with Gasteiger partial charge >= 0.3 is 0 Å². The lowest BCUT2D eigenvalue weighted by Crippen LogP contribution is -2.40. The summed E-state index contributed by atoms with van der Waals surface area (Å²) in [5, 5.41) is 0. The van der Waals surface area contributed by atoms with E-state index in [1.54, 1.807) is 12.1 Å². The van der Waals surface area contributed by atoms with Gasteiger partial charge in [-0.3, -0.25) is 9.69 Å². The van der Waals surface area contributed by atoms with Gasteiger partial charge in [-0.1, -0.05) is 13.3 Å². The van der Waals surface area contributed by atoms with E-state index in [-0.39, 0.29) is 10.8 Å². The van der Waals surface area contributed by atoms with Gasteiger partial charge in [0.15, 0.2) is 0 Å². The second kappa shape index (κ2) is 10.5. The Kier molecular flexibility index (Phi) is 7.68. The third-order valence-corrected chi connectivity index (χ3v) is 8.31. The van der Waals surface area contributed by atoms with E-state index in [0.717, 1.165) is 56.7 Å². The number of unbranched alkanes of at least 4 members (excludes halogenated alkanes) is 1. The molecule has 182 valence electrons. The highest BCUT2D eigenvalue weighted by Crippen LogP contribution is 2.24. The summed E-state index contributed by atoms with van der Waals surface area (Å²) in [5.41, 5.74) is 1.60. The van der Waals surface area contributed by atoms with Crippen LogP contribution in [0, 0.1) is 0 Å². The fourth-order valence-corrected chi connectivity index (χ4v) is 5.97.